The van der Waals surface area contributed by atoms with Gasteiger partial charge in [0, 0.05) is 22.5 Å². The lowest BCUT2D eigenvalue weighted by molar-refractivity contribution is -0.150. The van der Waals surface area contributed by atoms with Crippen LogP contribution in [-0.4, -0.2) is 82.8 Å². The highest BCUT2D eigenvalue weighted by Crippen LogP contribution is 2.40. The van der Waals surface area contributed by atoms with Gasteiger partial charge in [-0.2, -0.15) is 0 Å². The number of thioether (sulfide) groups is 2. The van der Waals surface area contributed by atoms with E-state index >= 15 is 0 Å². The number of nitrogens with one attached hydrogen (secondary N) is 1. The molecule has 0 spiro atoms. The summed E-state index contributed by atoms with van der Waals surface area (Å²) in [5.41, 5.74) is 4.75. The minimum Gasteiger partial charge on any atom is -0.490 e. The number of rotatable bonds is 7. The Morgan fingerprint density at radius 2 is 2.23 bits per heavy atom. The molecule has 3 heterocycles. The van der Waals surface area contributed by atoms with Crippen LogP contribution in [0.4, 0.5) is 4.79 Å². The van der Waals surface area contributed by atoms with Gasteiger partial charge in [-0.15, -0.1) is 23.5 Å². The van der Waals surface area contributed by atoms with E-state index in [-0.39, 0.29) is 35.1 Å². The van der Waals surface area contributed by atoms with Gasteiger partial charge in [-0.05, 0) is 0 Å². The van der Waals surface area contributed by atoms with E-state index in [2.05, 4.69) is 15.2 Å². The standard InChI is InChI=1S/C16H18N4O8S2/c1-26-19-9(8-6-29-3-2-27-8)12(21)18-10-13(22)20-11(15(23)24)7(4-28-16(17)25)5-30-14(10)20/h6,10,14H,2-5H2,1H3,(H2,17,25)(H,18,21)(H,23,24)/t10?,14-/m0/s1. The molecule has 30 heavy (non-hydrogen) atoms. The summed E-state index contributed by atoms with van der Waals surface area (Å²) < 4.78 is 10.1. The second kappa shape index (κ2) is 9.30. The zero-order valence-corrected chi connectivity index (χ0v) is 17.3. The molecule has 1 unspecified atom stereocenters. The fraction of sp³-hybridized carbons (Fsp3) is 0.438. The predicted molar refractivity (Wildman–Crippen MR) is 106 cm³/mol. The summed E-state index contributed by atoms with van der Waals surface area (Å²) >= 11 is 2.67. The van der Waals surface area contributed by atoms with Gasteiger partial charge in [0.1, 0.15) is 30.8 Å². The molecule has 0 bridgehead atoms. The Kier molecular flexibility index (Phi) is 6.77. The van der Waals surface area contributed by atoms with Gasteiger partial charge in [-0.1, -0.05) is 5.16 Å². The topological polar surface area (TPSA) is 170 Å². The number of carbonyl (C=O) groups excluding carboxylic acids is 3. The third-order valence-electron chi connectivity index (χ3n) is 4.21. The quantitative estimate of drug-likeness (QED) is 0.255. The van der Waals surface area contributed by atoms with E-state index in [4.69, 9.17) is 15.3 Å². The van der Waals surface area contributed by atoms with Crippen LogP contribution in [0.2, 0.25) is 0 Å². The number of hydrogen-bond donors (Lipinski definition) is 3. The summed E-state index contributed by atoms with van der Waals surface area (Å²) in [5, 5.41) is 16.8. The van der Waals surface area contributed by atoms with E-state index in [0.29, 0.717) is 6.61 Å². The van der Waals surface area contributed by atoms with Gasteiger partial charge in [0.25, 0.3) is 11.8 Å². The van der Waals surface area contributed by atoms with E-state index in [1.807, 2.05) is 0 Å². The number of carboxylic acid groups (broad SMARTS) is 1. The molecule has 3 aliphatic heterocycles. The number of nitrogens with zero attached hydrogens (tertiary/aromatic N) is 2. The number of ether oxygens (including phenoxy) is 2. The van der Waals surface area contributed by atoms with Crippen LogP contribution in [0.25, 0.3) is 0 Å². The van der Waals surface area contributed by atoms with E-state index < -0.39 is 35.3 Å². The molecule has 3 rings (SSSR count). The Morgan fingerprint density at radius 3 is 2.83 bits per heavy atom. The van der Waals surface area contributed by atoms with Gasteiger partial charge < -0.3 is 30.5 Å². The maximum atomic E-state index is 12.7. The number of hydrogen-bond acceptors (Lipinski definition) is 10. The second-order valence-electron chi connectivity index (χ2n) is 6.05. The van der Waals surface area contributed by atoms with Crippen molar-refractivity contribution in [1.29, 1.82) is 0 Å². The van der Waals surface area contributed by atoms with Gasteiger partial charge >= 0.3 is 12.1 Å². The van der Waals surface area contributed by atoms with Crippen LogP contribution < -0.4 is 11.1 Å². The molecular weight excluding hydrogens is 440 g/mol. The molecule has 0 radical (unpaired) electrons. The molecule has 162 valence electrons. The van der Waals surface area contributed by atoms with Crippen LogP contribution in [-0.2, 0) is 28.7 Å². The monoisotopic (exact) mass is 458 g/mol. The normalized spacial score (nSPS) is 23.5. The van der Waals surface area contributed by atoms with E-state index in [0.717, 1.165) is 10.7 Å². The summed E-state index contributed by atoms with van der Waals surface area (Å²) in [6.45, 7) is 0.0509. The van der Waals surface area contributed by atoms with Crippen molar-refractivity contribution < 1.29 is 38.6 Å². The van der Waals surface area contributed by atoms with Crippen LogP contribution in [0.3, 0.4) is 0 Å². The van der Waals surface area contributed by atoms with Crippen molar-refractivity contribution in [1.82, 2.24) is 10.2 Å². The first kappa shape index (κ1) is 21.8. The molecule has 0 aromatic rings. The van der Waals surface area contributed by atoms with Crippen molar-refractivity contribution >= 4 is 53.1 Å². The summed E-state index contributed by atoms with van der Waals surface area (Å²) in [5.74, 6) is -1.51. The number of amides is 3. The lowest BCUT2D eigenvalue weighted by Crippen LogP contribution is -2.71. The Bertz CT molecular complexity index is 871. The van der Waals surface area contributed by atoms with Gasteiger partial charge in [0.05, 0.1) is 6.61 Å². The van der Waals surface area contributed by atoms with E-state index in [1.165, 1.54) is 30.6 Å². The number of nitrogens with two attached hydrogens (primary N) is 1. The first-order valence-electron chi connectivity index (χ1n) is 8.54. The number of primary amides is 1. The summed E-state index contributed by atoms with van der Waals surface area (Å²) in [7, 11) is 1.27. The highest BCUT2D eigenvalue weighted by Gasteiger charge is 2.54. The number of oxime groups is 1. The lowest BCUT2D eigenvalue weighted by atomic mass is 10.0. The zero-order valence-electron chi connectivity index (χ0n) is 15.7. The molecule has 0 aromatic heterocycles. The molecule has 1 saturated heterocycles. The largest absolute Gasteiger partial charge is 0.490 e. The smallest absolute Gasteiger partial charge is 0.404 e. The van der Waals surface area contributed by atoms with Crippen molar-refractivity contribution in [3.63, 3.8) is 0 Å². The molecule has 0 aromatic carbocycles. The third-order valence-corrected chi connectivity index (χ3v) is 6.33. The van der Waals surface area contributed by atoms with Crippen LogP contribution in [0, 0.1) is 0 Å². The van der Waals surface area contributed by atoms with Crippen LogP contribution >= 0.6 is 23.5 Å². The molecule has 0 aliphatic carbocycles. The van der Waals surface area contributed by atoms with Crippen LogP contribution in [0.1, 0.15) is 0 Å². The van der Waals surface area contributed by atoms with Gasteiger partial charge in [-0.25, -0.2) is 9.59 Å². The van der Waals surface area contributed by atoms with Crippen LogP contribution in [0.15, 0.2) is 27.6 Å². The summed E-state index contributed by atoms with van der Waals surface area (Å²) in [6.07, 6.45) is -1.05. The van der Waals surface area contributed by atoms with Gasteiger partial charge in [0.15, 0.2) is 5.76 Å². The molecule has 4 N–H and O–H groups in total. The second-order valence-corrected chi connectivity index (χ2v) is 8.13. The first-order chi connectivity index (χ1) is 14.3. The molecule has 3 aliphatic rings. The Morgan fingerprint density at radius 1 is 1.47 bits per heavy atom. The number of aliphatic carboxylic acids is 1. The minimum atomic E-state index is -1.35. The van der Waals surface area contributed by atoms with Crippen molar-refractivity contribution in [3.8, 4) is 0 Å². The lowest BCUT2D eigenvalue weighted by Gasteiger charge is -2.49. The van der Waals surface area contributed by atoms with E-state index in [9.17, 15) is 24.3 Å². The first-order valence-corrected chi connectivity index (χ1v) is 10.6. The van der Waals surface area contributed by atoms with Gasteiger partial charge in [0.2, 0.25) is 5.71 Å². The zero-order chi connectivity index (χ0) is 21.8. The maximum Gasteiger partial charge on any atom is 0.404 e. The molecule has 0 saturated carbocycles. The third kappa shape index (κ3) is 4.33. The van der Waals surface area contributed by atoms with Crippen LogP contribution in [0.5, 0.6) is 0 Å². The predicted octanol–water partition coefficient (Wildman–Crippen LogP) is -0.572. The summed E-state index contributed by atoms with van der Waals surface area (Å²) in [6, 6.07) is -0.964. The molecular formula is C16H18N4O8S2. The Hall–Kier alpha value is -2.87. The number of β-lactam (4-membered cyclic amide) rings is 1. The molecule has 2 atom stereocenters. The molecule has 12 nitrogen and oxygen atoms in total. The minimum absolute atomic E-state index is 0.124. The van der Waals surface area contributed by atoms with Gasteiger partial charge in [-0.3, -0.25) is 14.5 Å². The average molecular weight is 458 g/mol. The maximum absolute atomic E-state index is 12.7. The SMILES string of the molecule is CON=C(C(=O)NC1C(=O)N2C(C(=O)O)=C(COC(N)=O)CS[C@@H]12)C1=CSCCO1. The Labute approximate surface area is 178 Å². The summed E-state index contributed by atoms with van der Waals surface area (Å²) in [4.78, 5) is 53.6. The number of fused-ring (bicyclic) bond motifs is 1. The highest BCUT2D eigenvalue weighted by atomic mass is 32.2. The van der Waals surface area contributed by atoms with Crippen molar-refractivity contribution in [2.24, 2.45) is 10.9 Å². The molecule has 14 heteroatoms. The van der Waals surface area contributed by atoms with E-state index in [1.54, 1.807) is 5.41 Å². The van der Waals surface area contributed by atoms with Crippen molar-refractivity contribution in [2.45, 2.75) is 11.4 Å². The fourth-order valence-electron chi connectivity index (χ4n) is 2.94. The van der Waals surface area contributed by atoms with Crippen molar-refractivity contribution in [3.05, 3.63) is 22.4 Å². The molecule has 1 fully saturated rings. The highest BCUT2D eigenvalue weighted by molar-refractivity contribution is 8.02. The van der Waals surface area contributed by atoms with Crippen molar-refractivity contribution in [2.75, 3.05) is 31.8 Å². The number of carbonyl (C=O) groups is 4. The average Bonchev–Trinajstić information content (AvgIpc) is 2.73. The Balaban J connectivity index is 1.75. The number of carboxylic acids is 1. The fourth-order valence-corrected chi connectivity index (χ4v) is 4.90. The molecule has 3 amide bonds.